The number of hydrogen-bond donors (Lipinski definition) is 2. The second-order valence-corrected chi connectivity index (χ2v) is 7.23. The Morgan fingerprint density at radius 1 is 1.08 bits per heavy atom. The summed E-state index contributed by atoms with van der Waals surface area (Å²) in [6, 6.07) is 3.31. The van der Waals surface area contributed by atoms with Crippen molar-refractivity contribution in [3.8, 4) is 0 Å². The number of benzene rings is 1. The molecule has 0 heterocycles. The normalized spacial score (nSPS) is 18.0. The molecule has 2 aliphatic carbocycles. The van der Waals surface area contributed by atoms with Gasteiger partial charge in [-0.1, -0.05) is 25.3 Å². The highest BCUT2D eigenvalue weighted by Crippen LogP contribution is 2.28. The van der Waals surface area contributed by atoms with Gasteiger partial charge in [-0.15, -0.1) is 0 Å². The molecule has 0 radical (unpaired) electrons. The van der Waals surface area contributed by atoms with E-state index in [0.29, 0.717) is 5.56 Å². The Morgan fingerprint density at radius 2 is 1.81 bits per heavy atom. The lowest BCUT2D eigenvalue weighted by molar-refractivity contribution is -0.121. The van der Waals surface area contributed by atoms with Crippen molar-refractivity contribution in [3.63, 3.8) is 0 Å². The molecule has 0 aromatic heterocycles. The van der Waals surface area contributed by atoms with Gasteiger partial charge in [-0.2, -0.15) is 0 Å². The van der Waals surface area contributed by atoms with E-state index in [-0.39, 0.29) is 25.2 Å². The highest BCUT2D eigenvalue weighted by atomic mass is 19.1. The molecule has 1 aromatic rings. The number of imide groups is 1. The van der Waals surface area contributed by atoms with Crippen LogP contribution in [0.25, 0.3) is 0 Å². The van der Waals surface area contributed by atoms with Gasteiger partial charge >= 0.3 is 6.03 Å². The Kier molecular flexibility index (Phi) is 6.19. The molecule has 7 heteroatoms. The first kappa shape index (κ1) is 18.8. The average Bonchev–Trinajstić information content (AvgIpc) is 3.42. The van der Waals surface area contributed by atoms with Crippen LogP contribution >= 0.6 is 0 Å². The molecule has 3 amide bonds. The lowest BCUT2D eigenvalue weighted by Crippen LogP contribution is -2.48. The van der Waals surface area contributed by atoms with Gasteiger partial charge in [0.15, 0.2) is 0 Å². The monoisotopic (exact) mass is 365 g/mol. The quantitative estimate of drug-likeness (QED) is 0.814. The van der Waals surface area contributed by atoms with Crippen molar-refractivity contribution in [2.75, 3.05) is 6.54 Å². The third kappa shape index (κ3) is 5.49. The van der Waals surface area contributed by atoms with Gasteiger partial charge in [-0.25, -0.2) is 13.6 Å². The maximum atomic E-state index is 13.9. The predicted molar refractivity (Wildman–Crippen MR) is 93.3 cm³/mol. The van der Waals surface area contributed by atoms with E-state index in [1.165, 1.54) is 18.6 Å². The Balaban J connectivity index is 1.50. The Morgan fingerprint density at radius 3 is 2.46 bits per heavy atom. The Hall–Kier alpha value is -2.02. The smallest absolute Gasteiger partial charge is 0.321 e. The molecule has 0 unspecified atom stereocenters. The second-order valence-electron chi connectivity index (χ2n) is 7.23. The molecule has 26 heavy (non-hydrogen) atoms. The van der Waals surface area contributed by atoms with E-state index in [1.54, 1.807) is 0 Å². The fraction of sp³-hybridized carbons (Fsp3) is 0.579. The summed E-state index contributed by atoms with van der Waals surface area (Å²) in [6.45, 7) is 0.230. The minimum absolute atomic E-state index is 0.0135. The third-order valence-corrected chi connectivity index (χ3v) is 4.99. The molecule has 3 rings (SSSR count). The van der Waals surface area contributed by atoms with Gasteiger partial charge in [-0.3, -0.25) is 15.0 Å². The number of nitrogens with one attached hydrogen (secondary N) is 2. The molecule has 2 N–H and O–H groups in total. The van der Waals surface area contributed by atoms with Gasteiger partial charge in [-0.05, 0) is 31.7 Å². The van der Waals surface area contributed by atoms with Gasteiger partial charge in [0.05, 0.1) is 6.54 Å². The summed E-state index contributed by atoms with van der Waals surface area (Å²) in [5.41, 5.74) is 0.345. The maximum Gasteiger partial charge on any atom is 0.321 e. The van der Waals surface area contributed by atoms with Gasteiger partial charge in [0.2, 0.25) is 5.91 Å². The molecule has 2 aliphatic rings. The number of rotatable bonds is 6. The Bertz CT molecular complexity index is 658. The summed E-state index contributed by atoms with van der Waals surface area (Å²) in [7, 11) is 0. The number of hydrogen-bond acceptors (Lipinski definition) is 3. The summed E-state index contributed by atoms with van der Waals surface area (Å²) in [5.74, 6) is -1.65. The van der Waals surface area contributed by atoms with Crippen molar-refractivity contribution >= 4 is 11.9 Å². The summed E-state index contributed by atoms with van der Waals surface area (Å²) in [5, 5.41) is 5.21. The van der Waals surface area contributed by atoms with Crippen LogP contribution in [-0.4, -0.2) is 35.5 Å². The molecule has 0 atom stereocenters. The van der Waals surface area contributed by atoms with E-state index in [1.807, 2.05) is 4.90 Å². The predicted octanol–water partition coefficient (Wildman–Crippen LogP) is 3.09. The standard InChI is InChI=1S/C19H25F2N3O2/c20-14-7-6-13(17(21)10-14)11-24(16-8-9-16)12-18(25)23-19(26)22-15-4-2-1-3-5-15/h6-7,10,15-16H,1-5,8-9,11-12H2,(H2,22,23,25,26). The average molecular weight is 365 g/mol. The van der Waals surface area contributed by atoms with Crippen LogP contribution in [0.5, 0.6) is 0 Å². The third-order valence-electron chi connectivity index (χ3n) is 4.99. The molecule has 0 spiro atoms. The lowest BCUT2D eigenvalue weighted by Gasteiger charge is -2.24. The number of urea groups is 1. The zero-order valence-corrected chi connectivity index (χ0v) is 14.8. The number of amides is 3. The first-order valence-electron chi connectivity index (χ1n) is 9.29. The Labute approximate surface area is 152 Å². The van der Waals surface area contributed by atoms with E-state index in [0.717, 1.165) is 44.6 Å². The van der Waals surface area contributed by atoms with Crippen molar-refractivity contribution in [1.82, 2.24) is 15.5 Å². The van der Waals surface area contributed by atoms with E-state index < -0.39 is 23.6 Å². The van der Waals surface area contributed by atoms with Gasteiger partial charge < -0.3 is 5.32 Å². The first-order chi connectivity index (χ1) is 12.5. The first-order valence-corrected chi connectivity index (χ1v) is 9.29. The number of carbonyl (C=O) groups excluding carboxylic acids is 2. The van der Waals surface area contributed by atoms with E-state index in [4.69, 9.17) is 0 Å². The largest absolute Gasteiger partial charge is 0.335 e. The van der Waals surface area contributed by atoms with Crippen LogP contribution in [0, 0.1) is 11.6 Å². The SMILES string of the molecule is O=C(CN(Cc1ccc(F)cc1F)C1CC1)NC(=O)NC1CCCCC1. The highest BCUT2D eigenvalue weighted by molar-refractivity contribution is 5.95. The van der Waals surface area contributed by atoms with Crippen molar-refractivity contribution in [3.05, 3.63) is 35.4 Å². The fourth-order valence-electron chi connectivity index (χ4n) is 3.44. The van der Waals surface area contributed by atoms with Crippen molar-refractivity contribution in [2.24, 2.45) is 0 Å². The summed E-state index contributed by atoms with van der Waals surface area (Å²) in [6.07, 6.45) is 7.14. The number of carbonyl (C=O) groups is 2. The van der Waals surface area contributed by atoms with Crippen LogP contribution in [0.4, 0.5) is 13.6 Å². The zero-order chi connectivity index (χ0) is 18.5. The van der Waals surface area contributed by atoms with E-state index in [2.05, 4.69) is 10.6 Å². The highest BCUT2D eigenvalue weighted by Gasteiger charge is 2.31. The van der Waals surface area contributed by atoms with E-state index >= 15 is 0 Å². The molecule has 142 valence electrons. The molecule has 0 bridgehead atoms. The van der Waals surface area contributed by atoms with Crippen molar-refractivity contribution in [2.45, 2.75) is 63.6 Å². The molecule has 0 saturated heterocycles. The van der Waals surface area contributed by atoms with Crippen LogP contribution in [-0.2, 0) is 11.3 Å². The van der Waals surface area contributed by atoms with Crippen LogP contribution in [0.15, 0.2) is 18.2 Å². The second kappa shape index (κ2) is 8.58. The summed E-state index contributed by atoms with van der Waals surface area (Å²) >= 11 is 0. The van der Waals surface area contributed by atoms with Gasteiger partial charge in [0, 0.05) is 30.3 Å². The summed E-state index contributed by atoms with van der Waals surface area (Å²) < 4.78 is 26.9. The lowest BCUT2D eigenvalue weighted by atomic mass is 9.96. The molecular weight excluding hydrogens is 340 g/mol. The minimum Gasteiger partial charge on any atom is -0.335 e. The van der Waals surface area contributed by atoms with Crippen LogP contribution < -0.4 is 10.6 Å². The van der Waals surface area contributed by atoms with E-state index in [9.17, 15) is 18.4 Å². The number of nitrogens with zero attached hydrogens (tertiary/aromatic N) is 1. The molecule has 0 aliphatic heterocycles. The topological polar surface area (TPSA) is 61.4 Å². The molecule has 2 fully saturated rings. The minimum atomic E-state index is -0.624. The molecular formula is C19H25F2N3O2. The molecule has 2 saturated carbocycles. The maximum absolute atomic E-state index is 13.9. The number of halogens is 2. The van der Waals surface area contributed by atoms with Crippen molar-refractivity contribution < 1.29 is 18.4 Å². The van der Waals surface area contributed by atoms with Crippen LogP contribution in [0.2, 0.25) is 0 Å². The van der Waals surface area contributed by atoms with Crippen molar-refractivity contribution in [1.29, 1.82) is 0 Å². The zero-order valence-electron chi connectivity index (χ0n) is 14.8. The van der Waals surface area contributed by atoms with Crippen LogP contribution in [0.1, 0.15) is 50.5 Å². The molecule has 1 aromatic carbocycles. The van der Waals surface area contributed by atoms with Gasteiger partial charge in [0.25, 0.3) is 0 Å². The van der Waals surface area contributed by atoms with Crippen LogP contribution in [0.3, 0.4) is 0 Å². The van der Waals surface area contributed by atoms with Gasteiger partial charge in [0.1, 0.15) is 11.6 Å². The fourth-order valence-corrected chi connectivity index (χ4v) is 3.44. The molecule has 5 nitrogen and oxygen atoms in total. The summed E-state index contributed by atoms with van der Waals surface area (Å²) in [4.78, 5) is 26.0.